The van der Waals surface area contributed by atoms with E-state index in [9.17, 15) is 0 Å². The zero-order valence-corrected chi connectivity index (χ0v) is 14.9. The van der Waals surface area contributed by atoms with E-state index in [1.807, 2.05) is 12.4 Å². The molecule has 3 rings (SSSR count). The molecule has 2 fully saturated rings. The first-order valence-corrected chi connectivity index (χ1v) is 8.75. The maximum absolute atomic E-state index is 5.87. The quantitative estimate of drug-likeness (QED) is 0.796. The predicted octanol–water partition coefficient (Wildman–Crippen LogP) is 0.649. The second-order valence-electron chi connectivity index (χ2n) is 7.30. The molecule has 130 valence electrons. The molecule has 1 spiro atoms. The normalized spacial score (nSPS) is 23.0. The zero-order valence-electron chi connectivity index (χ0n) is 14.9. The molecule has 23 heavy (non-hydrogen) atoms. The smallest absolute Gasteiger partial charge is 0.122 e. The molecule has 1 aromatic heterocycles. The van der Waals surface area contributed by atoms with Crippen molar-refractivity contribution in [2.24, 2.45) is 7.05 Å². The van der Waals surface area contributed by atoms with Gasteiger partial charge in [0.1, 0.15) is 5.82 Å². The summed E-state index contributed by atoms with van der Waals surface area (Å²) in [4.78, 5) is 12.0. The number of likely N-dealkylation sites (tertiary alicyclic amines) is 1. The topological polar surface area (TPSA) is 36.8 Å². The minimum atomic E-state index is 0.256. The molecule has 0 unspecified atom stereocenters. The van der Waals surface area contributed by atoms with E-state index in [-0.39, 0.29) is 5.54 Å². The summed E-state index contributed by atoms with van der Waals surface area (Å²) in [5, 5.41) is 0. The molecule has 0 aromatic carbocycles. The number of piperidine rings is 1. The van der Waals surface area contributed by atoms with Crippen LogP contribution in [0.5, 0.6) is 0 Å². The highest BCUT2D eigenvalue weighted by Gasteiger charge is 2.41. The number of morpholine rings is 1. The van der Waals surface area contributed by atoms with Crippen molar-refractivity contribution in [3.8, 4) is 0 Å². The maximum atomic E-state index is 5.87. The van der Waals surface area contributed by atoms with Crippen LogP contribution in [0.3, 0.4) is 0 Å². The van der Waals surface area contributed by atoms with Crippen LogP contribution in [0.15, 0.2) is 12.4 Å². The van der Waals surface area contributed by atoms with Crippen molar-refractivity contribution < 1.29 is 4.74 Å². The third-order valence-corrected chi connectivity index (χ3v) is 5.44. The molecule has 0 N–H and O–H groups in total. The lowest BCUT2D eigenvalue weighted by atomic mass is 9.85. The second-order valence-corrected chi connectivity index (χ2v) is 7.30. The van der Waals surface area contributed by atoms with Crippen molar-refractivity contribution in [2.45, 2.75) is 24.9 Å². The van der Waals surface area contributed by atoms with Crippen LogP contribution in [0.2, 0.25) is 0 Å². The van der Waals surface area contributed by atoms with Gasteiger partial charge in [0.2, 0.25) is 0 Å². The first-order chi connectivity index (χ1) is 11.1. The minimum Gasteiger partial charge on any atom is -0.378 e. The number of rotatable bonds is 5. The molecule has 3 heterocycles. The lowest BCUT2D eigenvalue weighted by Gasteiger charge is -2.51. The van der Waals surface area contributed by atoms with E-state index in [0.29, 0.717) is 0 Å². The van der Waals surface area contributed by atoms with Crippen molar-refractivity contribution in [1.29, 1.82) is 0 Å². The van der Waals surface area contributed by atoms with Crippen LogP contribution in [0.25, 0.3) is 0 Å². The fourth-order valence-electron chi connectivity index (χ4n) is 3.77. The Morgan fingerprint density at radius 2 is 2.04 bits per heavy atom. The molecule has 2 aliphatic rings. The number of hydrogen-bond acceptors (Lipinski definition) is 5. The van der Waals surface area contributed by atoms with Gasteiger partial charge in [-0.25, -0.2) is 4.98 Å². The van der Waals surface area contributed by atoms with Gasteiger partial charge in [-0.3, -0.25) is 9.80 Å². The number of aromatic nitrogens is 2. The lowest BCUT2D eigenvalue weighted by Crippen LogP contribution is -2.62. The van der Waals surface area contributed by atoms with Crippen LogP contribution in [0.1, 0.15) is 18.7 Å². The Morgan fingerprint density at radius 3 is 2.70 bits per heavy atom. The van der Waals surface area contributed by atoms with Crippen LogP contribution in [0, 0.1) is 0 Å². The summed E-state index contributed by atoms with van der Waals surface area (Å²) in [5.41, 5.74) is 0.256. The summed E-state index contributed by atoms with van der Waals surface area (Å²) in [7, 11) is 6.39. The van der Waals surface area contributed by atoms with Crippen molar-refractivity contribution in [2.75, 3.05) is 60.0 Å². The molecular formula is C17H31N5O. The Bertz CT molecular complexity index is 493. The highest BCUT2D eigenvalue weighted by molar-refractivity contribution is 4.99. The Labute approximate surface area is 140 Å². The number of imidazole rings is 1. The molecule has 0 bridgehead atoms. The van der Waals surface area contributed by atoms with E-state index >= 15 is 0 Å². The molecule has 0 aliphatic carbocycles. The molecule has 0 saturated carbocycles. The average Bonchev–Trinajstić information content (AvgIpc) is 2.94. The highest BCUT2D eigenvalue weighted by Crippen LogP contribution is 2.32. The molecule has 6 heteroatoms. The fraction of sp³-hybridized carbons (Fsp3) is 0.824. The molecule has 0 amide bonds. The average molecular weight is 321 g/mol. The molecule has 2 saturated heterocycles. The van der Waals surface area contributed by atoms with Crippen LogP contribution in [-0.4, -0.2) is 89.8 Å². The van der Waals surface area contributed by atoms with Crippen molar-refractivity contribution in [1.82, 2.24) is 24.3 Å². The van der Waals surface area contributed by atoms with Crippen LogP contribution >= 0.6 is 0 Å². The third-order valence-electron chi connectivity index (χ3n) is 5.44. The van der Waals surface area contributed by atoms with Gasteiger partial charge in [0, 0.05) is 57.7 Å². The Balaban J connectivity index is 1.57. The van der Waals surface area contributed by atoms with Crippen molar-refractivity contribution in [3.63, 3.8) is 0 Å². The predicted molar refractivity (Wildman–Crippen MR) is 91.4 cm³/mol. The van der Waals surface area contributed by atoms with Gasteiger partial charge in [-0.15, -0.1) is 0 Å². The zero-order chi connectivity index (χ0) is 16.3. The monoisotopic (exact) mass is 321 g/mol. The maximum Gasteiger partial charge on any atom is 0.122 e. The number of hydrogen-bond donors (Lipinski definition) is 0. The van der Waals surface area contributed by atoms with Gasteiger partial charge >= 0.3 is 0 Å². The van der Waals surface area contributed by atoms with Gasteiger partial charge < -0.3 is 14.2 Å². The number of ether oxygens (including phenoxy) is 1. The summed E-state index contributed by atoms with van der Waals surface area (Å²) in [6, 6.07) is 0. The molecule has 6 nitrogen and oxygen atoms in total. The number of likely N-dealkylation sites (N-methyl/N-ethyl adjacent to an activating group) is 1. The van der Waals surface area contributed by atoms with E-state index in [2.05, 4.69) is 45.4 Å². The number of aryl methyl sites for hydroxylation is 1. The molecular weight excluding hydrogens is 290 g/mol. The van der Waals surface area contributed by atoms with Gasteiger partial charge in [-0.1, -0.05) is 0 Å². The van der Waals surface area contributed by atoms with Gasteiger partial charge in [0.25, 0.3) is 0 Å². The molecule has 0 atom stereocenters. The van der Waals surface area contributed by atoms with Gasteiger partial charge in [-0.2, -0.15) is 0 Å². The SMILES string of the molecule is CN(C)CCN1CCOCC12CCN(Cc1nccn1C)CC2. The van der Waals surface area contributed by atoms with Crippen LogP contribution < -0.4 is 0 Å². The van der Waals surface area contributed by atoms with E-state index in [0.717, 1.165) is 58.3 Å². The first kappa shape index (κ1) is 16.9. The number of nitrogens with zero attached hydrogens (tertiary/aromatic N) is 5. The fourth-order valence-corrected chi connectivity index (χ4v) is 3.77. The summed E-state index contributed by atoms with van der Waals surface area (Å²) in [5.74, 6) is 1.16. The summed E-state index contributed by atoms with van der Waals surface area (Å²) in [6.07, 6.45) is 6.31. The van der Waals surface area contributed by atoms with Crippen molar-refractivity contribution >= 4 is 0 Å². The summed E-state index contributed by atoms with van der Waals surface area (Å²) < 4.78 is 7.99. The molecule has 2 aliphatic heterocycles. The Hall–Kier alpha value is -0.950. The minimum absolute atomic E-state index is 0.256. The highest BCUT2D eigenvalue weighted by atomic mass is 16.5. The summed E-state index contributed by atoms with van der Waals surface area (Å²) in [6.45, 7) is 8.35. The van der Waals surface area contributed by atoms with E-state index in [1.165, 1.54) is 12.8 Å². The van der Waals surface area contributed by atoms with Crippen LogP contribution in [0.4, 0.5) is 0 Å². The standard InChI is InChI=1S/C17H31N5O/c1-19(2)10-11-22-12-13-23-15-17(22)4-7-21(8-5-17)14-16-18-6-9-20(16)3/h6,9H,4-5,7-8,10-15H2,1-3H3. The van der Waals surface area contributed by atoms with E-state index in [1.54, 1.807) is 0 Å². The summed E-state index contributed by atoms with van der Waals surface area (Å²) >= 11 is 0. The molecule has 1 aromatic rings. The third kappa shape index (κ3) is 3.94. The largest absolute Gasteiger partial charge is 0.378 e. The Morgan fingerprint density at radius 1 is 1.26 bits per heavy atom. The first-order valence-electron chi connectivity index (χ1n) is 8.75. The molecule has 0 radical (unpaired) electrons. The Kier molecular flexibility index (Phi) is 5.36. The van der Waals surface area contributed by atoms with Gasteiger partial charge in [0.05, 0.1) is 19.8 Å². The lowest BCUT2D eigenvalue weighted by molar-refractivity contribution is -0.0967. The van der Waals surface area contributed by atoms with E-state index in [4.69, 9.17) is 4.74 Å². The van der Waals surface area contributed by atoms with Crippen LogP contribution in [-0.2, 0) is 18.3 Å². The van der Waals surface area contributed by atoms with Gasteiger partial charge in [-0.05, 0) is 26.9 Å². The van der Waals surface area contributed by atoms with Crippen molar-refractivity contribution in [3.05, 3.63) is 18.2 Å². The van der Waals surface area contributed by atoms with Gasteiger partial charge in [0.15, 0.2) is 0 Å². The second kappa shape index (κ2) is 7.30. The van der Waals surface area contributed by atoms with E-state index < -0.39 is 0 Å².